The van der Waals surface area contributed by atoms with Crippen molar-refractivity contribution in [3.05, 3.63) is 28.8 Å². The second-order valence-corrected chi connectivity index (χ2v) is 3.54. The third-order valence-corrected chi connectivity index (χ3v) is 2.65. The highest BCUT2D eigenvalue weighted by Crippen LogP contribution is 2.25. The third kappa shape index (κ3) is 1.80. The number of fused-ring (bicyclic) bond motifs is 1. The van der Waals surface area contributed by atoms with Crippen LogP contribution in [0, 0.1) is 0 Å². The highest BCUT2D eigenvalue weighted by atomic mass is 16.5. The molecule has 2 rings (SSSR count). The molecular weight excluding hydrogens is 194 g/mol. The van der Waals surface area contributed by atoms with Crippen molar-refractivity contribution in [1.82, 2.24) is 5.32 Å². The normalized spacial score (nSPS) is 14.5. The zero-order valence-corrected chi connectivity index (χ0v) is 8.54. The molecule has 1 aromatic carbocycles. The molecule has 0 saturated heterocycles. The summed E-state index contributed by atoms with van der Waals surface area (Å²) in [7, 11) is 1.55. The van der Waals surface area contributed by atoms with E-state index in [9.17, 15) is 4.79 Å². The predicted octanol–water partition coefficient (Wildman–Crippen LogP) is 1.04. The number of carboxylic acids is 1. The Morgan fingerprint density at radius 3 is 3.00 bits per heavy atom. The minimum atomic E-state index is -0.895. The van der Waals surface area contributed by atoms with Crippen LogP contribution in [-0.2, 0) is 13.0 Å². The van der Waals surface area contributed by atoms with Crippen molar-refractivity contribution < 1.29 is 14.6 Å². The van der Waals surface area contributed by atoms with Gasteiger partial charge >= 0.3 is 5.97 Å². The zero-order chi connectivity index (χ0) is 10.8. The Balaban J connectivity index is 2.55. The molecule has 0 spiro atoms. The fourth-order valence-electron chi connectivity index (χ4n) is 1.88. The van der Waals surface area contributed by atoms with E-state index < -0.39 is 5.97 Å². The summed E-state index contributed by atoms with van der Waals surface area (Å²) in [5.74, 6) is -0.276. The summed E-state index contributed by atoms with van der Waals surface area (Å²) in [6.45, 7) is 1.51. The molecule has 1 heterocycles. The molecule has 1 aliphatic heterocycles. The first-order valence-electron chi connectivity index (χ1n) is 4.86. The van der Waals surface area contributed by atoms with Crippen molar-refractivity contribution >= 4 is 5.97 Å². The number of ether oxygens (including phenoxy) is 1. The zero-order valence-electron chi connectivity index (χ0n) is 8.54. The van der Waals surface area contributed by atoms with Gasteiger partial charge in [-0.1, -0.05) is 0 Å². The van der Waals surface area contributed by atoms with Gasteiger partial charge in [0, 0.05) is 6.54 Å². The van der Waals surface area contributed by atoms with E-state index in [0.717, 1.165) is 24.1 Å². The molecule has 2 N–H and O–H groups in total. The van der Waals surface area contributed by atoms with Gasteiger partial charge < -0.3 is 15.2 Å². The van der Waals surface area contributed by atoms with Gasteiger partial charge in [-0.05, 0) is 36.2 Å². The van der Waals surface area contributed by atoms with Gasteiger partial charge in [-0.2, -0.15) is 0 Å². The first kappa shape index (κ1) is 9.98. The van der Waals surface area contributed by atoms with Crippen molar-refractivity contribution in [2.24, 2.45) is 0 Å². The Labute approximate surface area is 87.9 Å². The van der Waals surface area contributed by atoms with Crippen LogP contribution >= 0.6 is 0 Å². The summed E-state index contributed by atoms with van der Waals surface area (Å²) in [6, 6.07) is 3.50. The lowest BCUT2D eigenvalue weighted by Crippen LogP contribution is -2.25. The summed E-state index contributed by atoms with van der Waals surface area (Å²) in [4.78, 5) is 11.1. The van der Waals surface area contributed by atoms with Gasteiger partial charge in [0.15, 0.2) is 0 Å². The number of benzene rings is 1. The van der Waals surface area contributed by atoms with Crippen molar-refractivity contribution in [3.63, 3.8) is 0 Å². The summed E-state index contributed by atoms with van der Waals surface area (Å²) in [5, 5.41) is 12.2. The number of hydrogen-bond donors (Lipinski definition) is 2. The Kier molecular flexibility index (Phi) is 2.60. The average molecular weight is 207 g/mol. The Morgan fingerprint density at radius 1 is 1.53 bits per heavy atom. The lowest BCUT2D eigenvalue weighted by atomic mass is 9.95. The van der Waals surface area contributed by atoms with Crippen LogP contribution in [0.2, 0.25) is 0 Å². The number of carbonyl (C=O) groups is 1. The van der Waals surface area contributed by atoms with Crippen LogP contribution in [0.3, 0.4) is 0 Å². The fraction of sp³-hybridized carbons (Fsp3) is 0.364. The third-order valence-electron chi connectivity index (χ3n) is 2.65. The van der Waals surface area contributed by atoms with E-state index >= 15 is 0 Å². The van der Waals surface area contributed by atoms with E-state index in [1.807, 2.05) is 6.07 Å². The van der Waals surface area contributed by atoms with Gasteiger partial charge in [-0.3, -0.25) is 0 Å². The van der Waals surface area contributed by atoms with E-state index in [4.69, 9.17) is 9.84 Å². The topological polar surface area (TPSA) is 58.6 Å². The van der Waals surface area contributed by atoms with E-state index in [1.54, 1.807) is 13.2 Å². The summed E-state index contributed by atoms with van der Waals surface area (Å²) in [6.07, 6.45) is 0.854. The Morgan fingerprint density at radius 2 is 2.33 bits per heavy atom. The monoisotopic (exact) mass is 207 g/mol. The summed E-state index contributed by atoms with van der Waals surface area (Å²) >= 11 is 0. The standard InChI is InChI=1S/C11H13NO3/c1-15-8-4-7-2-3-12-6-10(7)9(5-8)11(13)14/h4-5,12H,2-3,6H2,1H3,(H,13,14). The van der Waals surface area contributed by atoms with Gasteiger partial charge in [0.05, 0.1) is 12.7 Å². The molecule has 0 unspecified atom stereocenters. The minimum Gasteiger partial charge on any atom is -0.497 e. The van der Waals surface area contributed by atoms with Gasteiger partial charge in [0.2, 0.25) is 0 Å². The van der Waals surface area contributed by atoms with Crippen LogP contribution in [0.15, 0.2) is 12.1 Å². The number of nitrogens with one attached hydrogen (secondary N) is 1. The van der Waals surface area contributed by atoms with E-state index in [-0.39, 0.29) is 0 Å². The quantitative estimate of drug-likeness (QED) is 0.760. The second kappa shape index (κ2) is 3.90. The molecule has 1 aliphatic rings. The predicted molar refractivity (Wildman–Crippen MR) is 55.4 cm³/mol. The molecule has 4 heteroatoms. The van der Waals surface area contributed by atoms with Gasteiger partial charge in [-0.15, -0.1) is 0 Å². The number of hydrogen-bond acceptors (Lipinski definition) is 3. The molecule has 4 nitrogen and oxygen atoms in total. The van der Waals surface area contributed by atoms with Crippen LogP contribution in [-0.4, -0.2) is 24.7 Å². The molecule has 1 aromatic rings. The summed E-state index contributed by atoms with van der Waals surface area (Å²) in [5.41, 5.74) is 2.30. The highest BCUT2D eigenvalue weighted by molar-refractivity contribution is 5.90. The van der Waals surface area contributed by atoms with Crippen LogP contribution in [0.1, 0.15) is 21.5 Å². The number of aromatic carboxylic acids is 1. The molecule has 80 valence electrons. The molecular formula is C11H13NO3. The van der Waals surface area contributed by atoms with Crippen molar-refractivity contribution in [3.8, 4) is 5.75 Å². The lowest BCUT2D eigenvalue weighted by molar-refractivity contribution is 0.0694. The molecule has 0 amide bonds. The van der Waals surface area contributed by atoms with Crippen LogP contribution < -0.4 is 10.1 Å². The molecule has 0 aliphatic carbocycles. The lowest BCUT2D eigenvalue weighted by Gasteiger charge is -2.19. The maximum absolute atomic E-state index is 11.1. The summed E-state index contributed by atoms with van der Waals surface area (Å²) < 4.78 is 5.09. The number of methoxy groups -OCH3 is 1. The van der Waals surface area contributed by atoms with Crippen LogP contribution in [0.5, 0.6) is 5.75 Å². The SMILES string of the molecule is COc1cc2c(c(C(=O)O)c1)CNCC2. The first-order valence-corrected chi connectivity index (χ1v) is 4.86. The first-order chi connectivity index (χ1) is 7.22. The molecule has 0 saturated carbocycles. The minimum absolute atomic E-state index is 0.344. The molecule has 0 bridgehead atoms. The number of carboxylic acid groups (broad SMARTS) is 1. The highest BCUT2D eigenvalue weighted by Gasteiger charge is 2.18. The van der Waals surface area contributed by atoms with E-state index in [1.165, 1.54) is 0 Å². The van der Waals surface area contributed by atoms with E-state index in [0.29, 0.717) is 17.9 Å². The molecule has 0 aromatic heterocycles. The van der Waals surface area contributed by atoms with E-state index in [2.05, 4.69) is 5.32 Å². The second-order valence-electron chi connectivity index (χ2n) is 3.54. The van der Waals surface area contributed by atoms with Gasteiger partial charge in [0.1, 0.15) is 5.75 Å². The Hall–Kier alpha value is -1.55. The van der Waals surface area contributed by atoms with Gasteiger partial charge in [0.25, 0.3) is 0 Å². The molecule has 15 heavy (non-hydrogen) atoms. The van der Waals surface area contributed by atoms with Crippen molar-refractivity contribution in [1.29, 1.82) is 0 Å². The largest absolute Gasteiger partial charge is 0.497 e. The van der Waals surface area contributed by atoms with Crippen molar-refractivity contribution in [2.75, 3.05) is 13.7 Å². The maximum atomic E-state index is 11.1. The van der Waals surface area contributed by atoms with Crippen LogP contribution in [0.4, 0.5) is 0 Å². The van der Waals surface area contributed by atoms with Crippen molar-refractivity contribution in [2.45, 2.75) is 13.0 Å². The fourth-order valence-corrected chi connectivity index (χ4v) is 1.88. The Bertz CT molecular complexity index is 401. The molecule has 0 atom stereocenters. The molecule has 0 fully saturated rings. The average Bonchev–Trinajstić information content (AvgIpc) is 2.27. The smallest absolute Gasteiger partial charge is 0.336 e. The van der Waals surface area contributed by atoms with Gasteiger partial charge in [-0.25, -0.2) is 4.79 Å². The van der Waals surface area contributed by atoms with Crippen LogP contribution in [0.25, 0.3) is 0 Å². The molecule has 0 radical (unpaired) electrons. The number of rotatable bonds is 2. The maximum Gasteiger partial charge on any atom is 0.336 e.